The number of rotatable bonds is 10. The lowest BCUT2D eigenvalue weighted by Crippen LogP contribution is -2.44. The van der Waals surface area contributed by atoms with E-state index in [9.17, 15) is 9.90 Å². The predicted octanol–water partition coefficient (Wildman–Crippen LogP) is 6.26. The van der Waals surface area contributed by atoms with Gasteiger partial charge in [-0.2, -0.15) is 0 Å². The second-order valence-corrected chi connectivity index (χ2v) is 9.06. The van der Waals surface area contributed by atoms with Crippen LogP contribution >= 0.6 is 12.4 Å². The fourth-order valence-corrected chi connectivity index (χ4v) is 4.71. The highest BCUT2D eigenvalue weighted by atomic mass is 35.5. The summed E-state index contributed by atoms with van der Waals surface area (Å²) in [7, 11) is 0. The highest BCUT2D eigenvalue weighted by Crippen LogP contribution is 2.28. The first-order chi connectivity index (χ1) is 16.2. The molecule has 0 amide bonds. The van der Waals surface area contributed by atoms with E-state index in [1.807, 2.05) is 48.5 Å². The van der Waals surface area contributed by atoms with Crippen molar-refractivity contribution in [1.29, 1.82) is 0 Å². The van der Waals surface area contributed by atoms with Gasteiger partial charge < -0.3 is 14.3 Å². The number of halogens is 1. The number of benzene rings is 2. The van der Waals surface area contributed by atoms with E-state index in [0.717, 1.165) is 50.8 Å². The summed E-state index contributed by atoms with van der Waals surface area (Å²) in [4.78, 5) is 15.3. The zero-order chi connectivity index (χ0) is 23.0. The molecule has 1 atom stereocenters. The lowest BCUT2D eigenvalue weighted by atomic mass is 9.93. The average Bonchev–Trinajstić information content (AvgIpc) is 2.85. The van der Waals surface area contributed by atoms with Crippen LogP contribution in [0, 0.1) is 5.92 Å². The minimum atomic E-state index is -0.0621. The second-order valence-electron chi connectivity index (χ2n) is 9.06. The Morgan fingerprint density at radius 2 is 1.85 bits per heavy atom. The van der Waals surface area contributed by atoms with E-state index in [1.54, 1.807) is 6.07 Å². The highest BCUT2D eigenvalue weighted by molar-refractivity contribution is 5.85. The Morgan fingerprint density at radius 1 is 1.09 bits per heavy atom. The van der Waals surface area contributed by atoms with Crippen molar-refractivity contribution in [3.8, 4) is 17.1 Å². The summed E-state index contributed by atoms with van der Waals surface area (Å²) in [5.41, 5.74) is 1.39. The Hall–Kier alpha value is -2.34. The maximum Gasteiger partial charge on any atom is 0.193 e. The van der Waals surface area contributed by atoms with Crippen molar-refractivity contribution in [2.75, 3.05) is 19.7 Å². The van der Waals surface area contributed by atoms with E-state index in [2.05, 4.69) is 11.8 Å². The first kappa shape index (κ1) is 26.3. The van der Waals surface area contributed by atoms with Gasteiger partial charge in [0.15, 0.2) is 11.7 Å². The SMILES string of the molecule is CCCCCC(Oc1ccc2oc(-c3ccccc3)cc(=O)c2c1)N1CCC(CCO)CC1.Cl. The minimum Gasteiger partial charge on any atom is -0.475 e. The number of aliphatic hydroxyl groups excluding tert-OH is 1. The molecule has 1 unspecified atom stereocenters. The average molecular weight is 486 g/mol. The molecule has 1 aliphatic rings. The van der Waals surface area contributed by atoms with Crippen molar-refractivity contribution >= 4 is 23.4 Å². The van der Waals surface area contributed by atoms with Crippen LogP contribution < -0.4 is 10.2 Å². The maximum absolute atomic E-state index is 12.9. The smallest absolute Gasteiger partial charge is 0.193 e. The Kier molecular flexibility index (Phi) is 10.00. The number of ether oxygens (including phenoxy) is 1. The molecule has 1 aromatic heterocycles. The van der Waals surface area contributed by atoms with Crippen molar-refractivity contribution in [2.24, 2.45) is 5.92 Å². The lowest BCUT2D eigenvalue weighted by Gasteiger charge is -2.37. The summed E-state index contributed by atoms with van der Waals surface area (Å²) in [6.45, 7) is 4.45. The predicted molar refractivity (Wildman–Crippen MR) is 140 cm³/mol. The largest absolute Gasteiger partial charge is 0.475 e. The second kappa shape index (κ2) is 12.9. The molecule has 5 nitrogen and oxygen atoms in total. The number of nitrogens with zero attached hydrogens (tertiary/aromatic N) is 1. The number of likely N-dealkylation sites (tertiary alicyclic amines) is 1. The molecule has 0 radical (unpaired) electrons. The molecule has 3 aromatic rings. The van der Waals surface area contributed by atoms with Crippen LogP contribution in [0.5, 0.6) is 5.75 Å². The standard InChI is InChI=1S/C28H35NO4.ClH/c1-2-3-5-10-28(29-16-13-21(14-17-29)15-18-30)32-23-11-12-26-24(19-23)25(31)20-27(33-26)22-8-6-4-7-9-22;/h4,6-9,11-12,19-21,28,30H,2-3,5,10,13-18H2,1H3;1H. The van der Waals surface area contributed by atoms with Crippen LogP contribution in [0.2, 0.25) is 0 Å². The quantitative estimate of drug-likeness (QED) is 0.343. The van der Waals surface area contributed by atoms with E-state index in [-0.39, 0.29) is 30.7 Å². The fourth-order valence-electron chi connectivity index (χ4n) is 4.71. The van der Waals surface area contributed by atoms with Crippen molar-refractivity contribution in [1.82, 2.24) is 4.90 Å². The van der Waals surface area contributed by atoms with Gasteiger partial charge in [0.1, 0.15) is 17.1 Å². The summed E-state index contributed by atoms with van der Waals surface area (Å²) in [6, 6.07) is 16.8. The van der Waals surface area contributed by atoms with Gasteiger partial charge in [-0.25, -0.2) is 0 Å². The first-order valence-electron chi connectivity index (χ1n) is 12.3. The Bertz CT molecular complexity index is 1080. The number of hydrogen-bond donors (Lipinski definition) is 1. The van der Waals surface area contributed by atoms with Crippen LogP contribution in [0.25, 0.3) is 22.3 Å². The third-order valence-electron chi connectivity index (χ3n) is 6.68. The van der Waals surface area contributed by atoms with Gasteiger partial charge in [0.2, 0.25) is 0 Å². The molecule has 0 aliphatic carbocycles. The molecule has 2 aromatic carbocycles. The molecule has 1 saturated heterocycles. The number of piperidine rings is 1. The lowest BCUT2D eigenvalue weighted by molar-refractivity contribution is -0.00679. The normalized spacial score (nSPS) is 15.7. The monoisotopic (exact) mass is 485 g/mol. The molecule has 0 bridgehead atoms. The van der Waals surface area contributed by atoms with E-state index >= 15 is 0 Å². The number of aliphatic hydroxyl groups is 1. The molecule has 6 heteroatoms. The molecule has 184 valence electrons. The molecule has 4 rings (SSSR count). The molecule has 1 fully saturated rings. The molecule has 1 N–H and O–H groups in total. The van der Waals surface area contributed by atoms with Crippen molar-refractivity contribution in [2.45, 2.75) is 58.1 Å². The van der Waals surface area contributed by atoms with Crippen LogP contribution in [0.3, 0.4) is 0 Å². The molecule has 34 heavy (non-hydrogen) atoms. The maximum atomic E-state index is 12.9. The molecular formula is C28H36ClNO4. The first-order valence-corrected chi connectivity index (χ1v) is 12.3. The van der Waals surface area contributed by atoms with Crippen LogP contribution in [0.15, 0.2) is 63.8 Å². The molecule has 1 aliphatic heterocycles. The van der Waals surface area contributed by atoms with Gasteiger partial charge in [0, 0.05) is 31.3 Å². The summed E-state index contributed by atoms with van der Waals surface area (Å²) in [5, 5.41) is 9.79. The van der Waals surface area contributed by atoms with E-state index in [0.29, 0.717) is 28.4 Å². The van der Waals surface area contributed by atoms with Gasteiger partial charge in [0.05, 0.1) is 5.39 Å². The van der Waals surface area contributed by atoms with Gasteiger partial charge in [0.25, 0.3) is 0 Å². The van der Waals surface area contributed by atoms with Gasteiger partial charge in [-0.1, -0.05) is 50.1 Å². The van der Waals surface area contributed by atoms with Gasteiger partial charge in [-0.3, -0.25) is 9.69 Å². The van der Waals surface area contributed by atoms with Gasteiger partial charge in [-0.05, 0) is 56.2 Å². The summed E-state index contributed by atoms with van der Waals surface area (Å²) in [6.07, 6.45) is 7.53. The summed E-state index contributed by atoms with van der Waals surface area (Å²) >= 11 is 0. The Labute approximate surface area is 208 Å². The third kappa shape index (κ3) is 6.62. The zero-order valence-electron chi connectivity index (χ0n) is 19.9. The van der Waals surface area contributed by atoms with E-state index in [4.69, 9.17) is 9.15 Å². The summed E-state index contributed by atoms with van der Waals surface area (Å²) < 4.78 is 12.5. The molecule has 0 saturated carbocycles. The number of fused-ring (bicyclic) bond motifs is 1. The summed E-state index contributed by atoms with van der Waals surface area (Å²) in [5.74, 6) is 1.89. The van der Waals surface area contributed by atoms with E-state index in [1.165, 1.54) is 12.8 Å². The van der Waals surface area contributed by atoms with Crippen LogP contribution in [0.1, 0.15) is 51.9 Å². The van der Waals surface area contributed by atoms with Crippen LogP contribution in [-0.2, 0) is 0 Å². The third-order valence-corrected chi connectivity index (χ3v) is 6.68. The number of hydrogen-bond acceptors (Lipinski definition) is 5. The van der Waals surface area contributed by atoms with E-state index < -0.39 is 0 Å². The molecular weight excluding hydrogens is 450 g/mol. The van der Waals surface area contributed by atoms with Gasteiger partial charge >= 0.3 is 0 Å². The fraction of sp³-hybridized carbons (Fsp3) is 0.464. The number of unbranched alkanes of at least 4 members (excludes halogenated alkanes) is 2. The van der Waals surface area contributed by atoms with Crippen molar-refractivity contribution < 1.29 is 14.3 Å². The Balaban J connectivity index is 0.00000324. The van der Waals surface area contributed by atoms with Gasteiger partial charge in [-0.15, -0.1) is 12.4 Å². The topological polar surface area (TPSA) is 62.9 Å². The van der Waals surface area contributed by atoms with Crippen LogP contribution in [-0.4, -0.2) is 35.9 Å². The Morgan fingerprint density at radius 3 is 2.56 bits per heavy atom. The molecule has 2 heterocycles. The van der Waals surface area contributed by atoms with Crippen molar-refractivity contribution in [3.05, 3.63) is 64.8 Å². The minimum absolute atomic E-state index is 0. The zero-order valence-corrected chi connectivity index (χ0v) is 20.8. The van der Waals surface area contributed by atoms with Crippen molar-refractivity contribution in [3.63, 3.8) is 0 Å². The molecule has 0 spiro atoms. The van der Waals surface area contributed by atoms with Crippen LogP contribution in [0.4, 0.5) is 0 Å². The highest BCUT2D eigenvalue weighted by Gasteiger charge is 2.26.